The average Bonchev–Trinajstić information content (AvgIpc) is 2.62. The molecular formula is C20H22ClN3O3. The second-order valence-electron chi connectivity index (χ2n) is 6.19. The van der Waals surface area contributed by atoms with Gasteiger partial charge in [0, 0.05) is 19.5 Å². The van der Waals surface area contributed by atoms with Crippen molar-refractivity contribution in [3.63, 3.8) is 0 Å². The number of carbonyl (C=O) groups is 3. The van der Waals surface area contributed by atoms with Gasteiger partial charge in [0.2, 0.25) is 11.8 Å². The van der Waals surface area contributed by atoms with Gasteiger partial charge in [-0.25, -0.2) is 0 Å². The number of carbonyl (C=O) groups excluding carboxylic acids is 3. The van der Waals surface area contributed by atoms with Crippen molar-refractivity contribution in [3.05, 3.63) is 64.2 Å². The van der Waals surface area contributed by atoms with E-state index in [1.807, 2.05) is 31.2 Å². The Morgan fingerprint density at radius 1 is 1.07 bits per heavy atom. The smallest absolute Gasteiger partial charge is 0.251 e. The van der Waals surface area contributed by atoms with Gasteiger partial charge in [-0.3, -0.25) is 14.4 Å². The van der Waals surface area contributed by atoms with Crippen LogP contribution in [0.1, 0.15) is 40.9 Å². The normalized spacial score (nSPS) is 11.4. The molecule has 0 spiro atoms. The van der Waals surface area contributed by atoms with Gasteiger partial charge in [0.1, 0.15) is 0 Å². The highest BCUT2D eigenvalue weighted by Gasteiger charge is 2.18. The highest BCUT2D eigenvalue weighted by atomic mass is 35.5. The minimum absolute atomic E-state index is 0.0309. The fourth-order valence-corrected chi connectivity index (χ4v) is 2.75. The van der Waals surface area contributed by atoms with Crippen molar-refractivity contribution < 1.29 is 14.4 Å². The number of rotatable bonds is 6. The Bertz CT molecular complexity index is 850. The van der Waals surface area contributed by atoms with E-state index in [0.29, 0.717) is 16.3 Å². The molecule has 1 atom stereocenters. The van der Waals surface area contributed by atoms with Gasteiger partial charge in [0.05, 0.1) is 23.2 Å². The number of hydrogen-bond donors (Lipinski definition) is 3. The standard InChI is InChI=1S/C20H22ClN3O3/c1-12-4-6-14(7-5-12)17(23-13(2)25)11-19(26)24-18-10-15(20(27)22-3)8-9-16(18)21/h4-10,17H,11H2,1-3H3,(H,22,27)(H,23,25)(H,24,26). The fraction of sp³-hybridized carbons (Fsp3) is 0.250. The summed E-state index contributed by atoms with van der Waals surface area (Å²) < 4.78 is 0. The lowest BCUT2D eigenvalue weighted by Gasteiger charge is -2.19. The molecule has 142 valence electrons. The van der Waals surface area contributed by atoms with Crippen LogP contribution < -0.4 is 16.0 Å². The molecule has 27 heavy (non-hydrogen) atoms. The summed E-state index contributed by atoms with van der Waals surface area (Å²) in [5.41, 5.74) is 2.64. The van der Waals surface area contributed by atoms with Crippen LogP contribution in [-0.2, 0) is 9.59 Å². The molecule has 7 heteroatoms. The summed E-state index contributed by atoms with van der Waals surface area (Å²) in [5, 5.41) is 8.34. The van der Waals surface area contributed by atoms with Crippen LogP contribution in [0.5, 0.6) is 0 Å². The van der Waals surface area contributed by atoms with E-state index in [9.17, 15) is 14.4 Å². The van der Waals surface area contributed by atoms with Gasteiger partial charge in [0.15, 0.2) is 0 Å². The number of anilines is 1. The molecule has 3 amide bonds. The Labute approximate surface area is 163 Å². The van der Waals surface area contributed by atoms with E-state index in [-0.39, 0.29) is 24.1 Å². The van der Waals surface area contributed by atoms with Crippen molar-refractivity contribution in [3.8, 4) is 0 Å². The molecule has 1 unspecified atom stereocenters. The molecule has 0 fully saturated rings. The Balaban J connectivity index is 2.17. The summed E-state index contributed by atoms with van der Waals surface area (Å²) in [7, 11) is 1.52. The maximum Gasteiger partial charge on any atom is 0.251 e. The van der Waals surface area contributed by atoms with Crippen LogP contribution in [0.4, 0.5) is 5.69 Å². The van der Waals surface area contributed by atoms with Gasteiger partial charge >= 0.3 is 0 Å². The minimum Gasteiger partial charge on any atom is -0.355 e. The van der Waals surface area contributed by atoms with Crippen molar-refractivity contribution in [2.75, 3.05) is 12.4 Å². The number of hydrogen-bond acceptors (Lipinski definition) is 3. The van der Waals surface area contributed by atoms with Crippen molar-refractivity contribution in [2.45, 2.75) is 26.3 Å². The van der Waals surface area contributed by atoms with Crippen molar-refractivity contribution in [1.82, 2.24) is 10.6 Å². The maximum atomic E-state index is 12.5. The molecule has 2 aromatic carbocycles. The first-order valence-corrected chi connectivity index (χ1v) is 8.83. The first-order valence-electron chi connectivity index (χ1n) is 8.45. The average molecular weight is 388 g/mol. The van der Waals surface area contributed by atoms with Crippen LogP contribution in [0.3, 0.4) is 0 Å². The summed E-state index contributed by atoms with van der Waals surface area (Å²) in [6.45, 7) is 3.37. The molecule has 0 saturated carbocycles. The van der Waals surface area contributed by atoms with E-state index >= 15 is 0 Å². The third-order valence-corrected chi connectivity index (χ3v) is 4.31. The second kappa shape index (κ2) is 9.19. The van der Waals surface area contributed by atoms with Crippen LogP contribution in [0, 0.1) is 6.92 Å². The molecule has 0 aliphatic rings. The number of halogens is 1. The summed E-state index contributed by atoms with van der Waals surface area (Å²) >= 11 is 6.13. The van der Waals surface area contributed by atoms with E-state index in [1.165, 1.54) is 20.0 Å². The molecule has 0 radical (unpaired) electrons. The largest absolute Gasteiger partial charge is 0.355 e. The van der Waals surface area contributed by atoms with Crippen molar-refractivity contribution in [2.24, 2.45) is 0 Å². The van der Waals surface area contributed by atoms with Gasteiger partial charge < -0.3 is 16.0 Å². The van der Waals surface area contributed by atoms with E-state index in [1.54, 1.807) is 12.1 Å². The number of benzene rings is 2. The zero-order chi connectivity index (χ0) is 20.0. The van der Waals surface area contributed by atoms with Gasteiger partial charge in [-0.2, -0.15) is 0 Å². The predicted octanol–water partition coefficient (Wildman–Crippen LogP) is 3.21. The molecule has 0 bridgehead atoms. The molecule has 2 aromatic rings. The van der Waals surface area contributed by atoms with Crippen molar-refractivity contribution in [1.29, 1.82) is 0 Å². The lowest BCUT2D eigenvalue weighted by molar-refractivity contribution is -0.120. The fourth-order valence-electron chi connectivity index (χ4n) is 2.59. The molecule has 0 saturated heterocycles. The molecule has 0 aromatic heterocycles. The Hall–Kier alpha value is -2.86. The Morgan fingerprint density at radius 3 is 2.33 bits per heavy atom. The summed E-state index contributed by atoms with van der Waals surface area (Å²) in [6.07, 6.45) is 0.0309. The highest BCUT2D eigenvalue weighted by Crippen LogP contribution is 2.25. The van der Waals surface area contributed by atoms with Gasteiger partial charge in [-0.05, 0) is 30.7 Å². The number of nitrogens with one attached hydrogen (secondary N) is 3. The maximum absolute atomic E-state index is 12.5. The zero-order valence-corrected chi connectivity index (χ0v) is 16.2. The van der Waals surface area contributed by atoms with Crippen molar-refractivity contribution >= 4 is 35.0 Å². The predicted molar refractivity (Wildman–Crippen MR) is 106 cm³/mol. The second-order valence-corrected chi connectivity index (χ2v) is 6.60. The quantitative estimate of drug-likeness (QED) is 0.711. The van der Waals surface area contributed by atoms with E-state index in [0.717, 1.165) is 11.1 Å². The van der Waals surface area contributed by atoms with E-state index in [4.69, 9.17) is 11.6 Å². The van der Waals surface area contributed by atoms with Gasteiger partial charge in [-0.15, -0.1) is 0 Å². The molecular weight excluding hydrogens is 366 g/mol. The third-order valence-electron chi connectivity index (χ3n) is 3.98. The molecule has 3 N–H and O–H groups in total. The van der Waals surface area contributed by atoms with E-state index in [2.05, 4.69) is 16.0 Å². The lowest BCUT2D eigenvalue weighted by atomic mass is 10.0. The monoisotopic (exact) mass is 387 g/mol. The van der Waals surface area contributed by atoms with Gasteiger partial charge in [-0.1, -0.05) is 41.4 Å². The highest BCUT2D eigenvalue weighted by molar-refractivity contribution is 6.33. The Morgan fingerprint density at radius 2 is 1.74 bits per heavy atom. The van der Waals surface area contributed by atoms with Crippen LogP contribution in [-0.4, -0.2) is 24.8 Å². The molecule has 0 heterocycles. The molecule has 0 aliphatic heterocycles. The van der Waals surface area contributed by atoms with Crippen LogP contribution >= 0.6 is 11.6 Å². The zero-order valence-electron chi connectivity index (χ0n) is 15.4. The van der Waals surface area contributed by atoms with Crippen LogP contribution in [0.15, 0.2) is 42.5 Å². The number of aryl methyl sites for hydroxylation is 1. The summed E-state index contributed by atoms with van der Waals surface area (Å²) in [5.74, 6) is -0.837. The first kappa shape index (κ1) is 20.5. The van der Waals surface area contributed by atoms with Crippen LogP contribution in [0.2, 0.25) is 5.02 Å². The van der Waals surface area contributed by atoms with Crippen LogP contribution in [0.25, 0.3) is 0 Å². The Kier molecular flexibility index (Phi) is 6.96. The SMILES string of the molecule is CNC(=O)c1ccc(Cl)c(NC(=O)CC(NC(C)=O)c2ccc(C)cc2)c1. The molecule has 6 nitrogen and oxygen atoms in total. The molecule has 0 aliphatic carbocycles. The topological polar surface area (TPSA) is 87.3 Å². The van der Waals surface area contributed by atoms with E-state index < -0.39 is 6.04 Å². The number of amides is 3. The minimum atomic E-state index is -0.469. The molecule has 2 rings (SSSR count). The third kappa shape index (κ3) is 5.82. The van der Waals surface area contributed by atoms with Gasteiger partial charge in [0.25, 0.3) is 5.91 Å². The lowest BCUT2D eigenvalue weighted by Crippen LogP contribution is -2.29. The summed E-state index contributed by atoms with van der Waals surface area (Å²) in [6, 6.07) is 11.8. The first-order chi connectivity index (χ1) is 12.8. The summed E-state index contributed by atoms with van der Waals surface area (Å²) in [4.78, 5) is 35.8.